The van der Waals surface area contributed by atoms with Crippen molar-refractivity contribution in [3.8, 4) is 0 Å². The standard InChI is InChI=1S/C13H10F3NO2/c1-11-6-12(11,10(19)17-9(11)18)7-2-4-8(5-3-7)13(14,15)16/h2-5H,6H2,1H3,(H,17,18,19). The Labute approximate surface area is 106 Å². The number of amides is 2. The molecule has 2 amide bonds. The quantitative estimate of drug-likeness (QED) is 0.793. The van der Waals surface area contributed by atoms with Crippen LogP contribution in [0.2, 0.25) is 0 Å². The molecule has 1 aromatic carbocycles. The van der Waals surface area contributed by atoms with Crippen molar-refractivity contribution in [3.63, 3.8) is 0 Å². The third kappa shape index (κ3) is 1.34. The number of nitrogens with one attached hydrogen (secondary N) is 1. The van der Waals surface area contributed by atoms with Gasteiger partial charge in [0.2, 0.25) is 11.8 Å². The summed E-state index contributed by atoms with van der Waals surface area (Å²) in [5.74, 6) is -0.767. The Balaban J connectivity index is 2.01. The van der Waals surface area contributed by atoms with E-state index in [1.54, 1.807) is 6.92 Å². The van der Waals surface area contributed by atoms with Crippen LogP contribution in [0.25, 0.3) is 0 Å². The number of carbonyl (C=O) groups is 2. The molecule has 1 aliphatic carbocycles. The van der Waals surface area contributed by atoms with E-state index in [0.29, 0.717) is 12.0 Å². The topological polar surface area (TPSA) is 46.2 Å². The summed E-state index contributed by atoms with van der Waals surface area (Å²) >= 11 is 0. The fraction of sp³-hybridized carbons (Fsp3) is 0.385. The van der Waals surface area contributed by atoms with Crippen molar-refractivity contribution in [2.45, 2.75) is 24.9 Å². The fourth-order valence-electron chi connectivity index (χ4n) is 2.93. The van der Waals surface area contributed by atoms with Gasteiger partial charge in [0.15, 0.2) is 0 Å². The molecule has 0 radical (unpaired) electrons. The molecule has 1 saturated heterocycles. The van der Waals surface area contributed by atoms with Crippen LogP contribution in [-0.4, -0.2) is 11.8 Å². The largest absolute Gasteiger partial charge is 0.416 e. The minimum absolute atomic E-state index is 0.350. The number of hydrogen-bond donors (Lipinski definition) is 1. The van der Waals surface area contributed by atoms with Gasteiger partial charge in [0.05, 0.1) is 16.4 Å². The van der Waals surface area contributed by atoms with Gasteiger partial charge in [-0.15, -0.1) is 0 Å². The second kappa shape index (κ2) is 3.18. The number of imide groups is 1. The Bertz CT molecular complexity index is 593. The summed E-state index contributed by atoms with van der Waals surface area (Å²) in [5, 5.41) is 2.24. The van der Waals surface area contributed by atoms with E-state index in [1.165, 1.54) is 12.1 Å². The summed E-state index contributed by atoms with van der Waals surface area (Å²) in [6.07, 6.45) is -4.05. The molecule has 6 heteroatoms. The maximum atomic E-state index is 12.5. The second-order valence-electron chi connectivity index (χ2n) is 5.27. The van der Waals surface area contributed by atoms with E-state index >= 15 is 0 Å². The van der Waals surface area contributed by atoms with Gasteiger partial charge in [-0.3, -0.25) is 14.9 Å². The predicted octanol–water partition coefficient (Wildman–Crippen LogP) is 2.01. The van der Waals surface area contributed by atoms with Crippen LogP contribution < -0.4 is 5.32 Å². The van der Waals surface area contributed by atoms with Crippen molar-refractivity contribution in [1.82, 2.24) is 5.32 Å². The van der Waals surface area contributed by atoms with Crippen molar-refractivity contribution in [2.75, 3.05) is 0 Å². The Morgan fingerprint density at radius 1 is 1.11 bits per heavy atom. The number of alkyl halides is 3. The third-order valence-electron chi connectivity index (χ3n) is 4.26. The summed E-state index contributed by atoms with van der Waals surface area (Å²) in [7, 11) is 0. The van der Waals surface area contributed by atoms with Crippen LogP contribution in [0.15, 0.2) is 24.3 Å². The first-order valence-corrected chi connectivity index (χ1v) is 5.75. The highest BCUT2D eigenvalue weighted by Crippen LogP contribution is 2.67. The van der Waals surface area contributed by atoms with E-state index in [-0.39, 0.29) is 5.91 Å². The lowest BCUT2D eigenvalue weighted by Gasteiger charge is -2.13. The van der Waals surface area contributed by atoms with Gasteiger partial charge in [0.1, 0.15) is 0 Å². The Kier molecular flexibility index (Phi) is 2.04. The highest BCUT2D eigenvalue weighted by Gasteiger charge is 2.78. The van der Waals surface area contributed by atoms with Gasteiger partial charge in [-0.05, 0) is 31.0 Å². The minimum atomic E-state index is -4.41. The number of fused-ring (bicyclic) bond motifs is 1. The summed E-state index contributed by atoms with van der Waals surface area (Å²) in [6, 6.07) is 4.45. The number of carbonyl (C=O) groups excluding carboxylic acids is 2. The lowest BCUT2D eigenvalue weighted by molar-refractivity contribution is -0.137. The van der Waals surface area contributed by atoms with Gasteiger partial charge < -0.3 is 0 Å². The highest BCUT2D eigenvalue weighted by atomic mass is 19.4. The number of piperidine rings is 1. The molecule has 3 nitrogen and oxygen atoms in total. The first kappa shape index (κ1) is 12.2. The van der Waals surface area contributed by atoms with Crippen LogP contribution in [0.3, 0.4) is 0 Å². The maximum absolute atomic E-state index is 12.5. The Morgan fingerprint density at radius 3 is 2.05 bits per heavy atom. The van der Waals surface area contributed by atoms with E-state index in [9.17, 15) is 22.8 Å². The molecule has 0 bridgehead atoms. The second-order valence-corrected chi connectivity index (χ2v) is 5.27. The van der Waals surface area contributed by atoms with Gasteiger partial charge in [-0.1, -0.05) is 12.1 Å². The molecule has 2 atom stereocenters. The number of halogens is 3. The van der Waals surface area contributed by atoms with Crippen molar-refractivity contribution in [3.05, 3.63) is 35.4 Å². The Morgan fingerprint density at radius 2 is 1.68 bits per heavy atom. The summed E-state index contributed by atoms with van der Waals surface area (Å²) in [6.45, 7) is 1.66. The molecule has 0 spiro atoms. The van der Waals surface area contributed by atoms with Gasteiger partial charge in [0.25, 0.3) is 0 Å². The van der Waals surface area contributed by atoms with E-state index in [0.717, 1.165) is 12.1 Å². The van der Waals surface area contributed by atoms with Crippen molar-refractivity contribution < 1.29 is 22.8 Å². The van der Waals surface area contributed by atoms with Crippen LogP contribution in [0, 0.1) is 5.41 Å². The molecule has 100 valence electrons. The highest BCUT2D eigenvalue weighted by molar-refractivity contribution is 6.17. The molecule has 1 N–H and O–H groups in total. The van der Waals surface area contributed by atoms with Crippen LogP contribution in [-0.2, 0) is 21.2 Å². The zero-order valence-electron chi connectivity index (χ0n) is 9.97. The predicted molar refractivity (Wildman–Crippen MR) is 59.0 cm³/mol. The molecular weight excluding hydrogens is 259 g/mol. The van der Waals surface area contributed by atoms with E-state index in [4.69, 9.17) is 0 Å². The average molecular weight is 269 g/mol. The van der Waals surface area contributed by atoms with Crippen molar-refractivity contribution in [2.24, 2.45) is 5.41 Å². The average Bonchev–Trinajstić information content (AvgIpc) is 2.92. The normalized spacial score (nSPS) is 33.1. The van der Waals surface area contributed by atoms with Crippen LogP contribution in [0.4, 0.5) is 13.2 Å². The van der Waals surface area contributed by atoms with Crippen molar-refractivity contribution in [1.29, 1.82) is 0 Å². The van der Waals surface area contributed by atoms with Gasteiger partial charge in [-0.2, -0.15) is 13.2 Å². The van der Waals surface area contributed by atoms with Crippen LogP contribution >= 0.6 is 0 Å². The molecule has 1 heterocycles. The molecule has 2 aliphatic rings. The smallest absolute Gasteiger partial charge is 0.295 e. The molecule has 1 aromatic rings. The summed E-state index contributed by atoms with van der Waals surface area (Å²) in [4.78, 5) is 23.5. The van der Waals surface area contributed by atoms with E-state index in [1.807, 2.05) is 0 Å². The molecular formula is C13H10F3NO2. The van der Waals surface area contributed by atoms with Gasteiger partial charge in [-0.25, -0.2) is 0 Å². The first-order valence-electron chi connectivity index (χ1n) is 5.75. The zero-order valence-corrected chi connectivity index (χ0v) is 9.97. The first-order chi connectivity index (χ1) is 8.72. The lowest BCUT2D eigenvalue weighted by atomic mass is 9.88. The molecule has 1 aliphatic heterocycles. The molecule has 1 saturated carbocycles. The SMILES string of the molecule is CC12CC1(c1ccc(C(F)(F)F)cc1)C(=O)NC2=O. The molecule has 3 rings (SSSR count). The maximum Gasteiger partial charge on any atom is 0.416 e. The minimum Gasteiger partial charge on any atom is -0.295 e. The van der Waals surface area contributed by atoms with Crippen LogP contribution in [0.5, 0.6) is 0 Å². The fourth-order valence-corrected chi connectivity index (χ4v) is 2.93. The van der Waals surface area contributed by atoms with Crippen LogP contribution in [0.1, 0.15) is 24.5 Å². The number of rotatable bonds is 1. The van der Waals surface area contributed by atoms with Gasteiger partial charge in [0, 0.05) is 0 Å². The summed E-state index contributed by atoms with van der Waals surface area (Å²) in [5.41, 5.74) is -2.09. The summed E-state index contributed by atoms with van der Waals surface area (Å²) < 4.78 is 37.5. The Hall–Kier alpha value is -1.85. The molecule has 2 fully saturated rings. The zero-order chi connectivity index (χ0) is 14.1. The van der Waals surface area contributed by atoms with E-state index < -0.39 is 28.5 Å². The lowest BCUT2D eigenvalue weighted by Crippen LogP contribution is -2.30. The van der Waals surface area contributed by atoms with Gasteiger partial charge >= 0.3 is 6.18 Å². The van der Waals surface area contributed by atoms with Crippen molar-refractivity contribution >= 4 is 11.8 Å². The molecule has 2 unspecified atom stereocenters. The van der Waals surface area contributed by atoms with E-state index in [2.05, 4.69) is 5.32 Å². The monoisotopic (exact) mass is 269 g/mol. The molecule has 0 aromatic heterocycles. The number of hydrogen-bond acceptors (Lipinski definition) is 2. The number of benzene rings is 1. The third-order valence-corrected chi connectivity index (χ3v) is 4.26. The molecule has 19 heavy (non-hydrogen) atoms.